The van der Waals surface area contributed by atoms with E-state index in [4.69, 9.17) is 9.47 Å². The van der Waals surface area contributed by atoms with Crippen LogP contribution in [0.15, 0.2) is 42.6 Å². The summed E-state index contributed by atoms with van der Waals surface area (Å²) >= 11 is 0. The average molecular weight is 339 g/mol. The summed E-state index contributed by atoms with van der Waals surface area (Å²) in [5.74, 6) is 0.257. The summed E-state index contributed by atoms with van der Waals surface area (Å²) in [6.45, 7) is 2.16. The molecule has 1 heterocycles. The number of benzene rings is 2. The van der Waals surface area contributed by atoms with Crippen molar-refractivity contribution in [2.24, 2.45) is 0 Å². The van der Waals surface area contributed by atoms with Crippen LogP contribution < -0.4 is 4.74 Å². The number of ether oxygens (including phenoxy) is 2. The van der Waals surface area contributed by atoms with Gasteiger partial charge in [0.25, 0.3) is 0 Å². The van der Waals surface area contributed by atoms with Crippen LogP contribution in [0.3, 0.4) is 0 Å². The number of phenols is 1. The number of carbonyl (C=O) groups excluding carboxylic acids is 1. The van der Waals surface area contributed by atoms with Crippen LogP contribution in [0.5, 0.6) is 11.5 Å². The van der Waals surface area contributed by atoms with E-state index in [9.17, 15) is 9.90 Å². The lowest BCUT2D eigenvalue weighted by atomic mass is 9.98. The highest BCUT2D eigenvalue weighted by Crippen LogP contribution is 2.39. The summed E-state index contributed by atoms with van der Waals surface area (Å²) in [6, 6.07) is 11.6. The molecule has 0 aliphatic carbocycles. The number of esters is 1. The van der Waals surface area contributed by atoms with Crippen molar-refractivity contribution >= 4 is 16.9 Å². The Balaban J connectivity index is 1.96. The molecule has 5 nitrogen and oxygen atoms in total. The lowest BCUT2D eigenvalue weighted by Crippen LogP contribution is -2.05. The smallest absolute Gasteiger partial charge is 0.306 e. The number of hydrogen-bond acceptors (Lipinski definition) is 4. The molecule has 3 aromatic rings. The second-order valence-electron chi connectivity index (χ2n) is 5.78. The summed E-state index contributed by atoms with van der Waals surface area (Å²) in [5, 5.41) is 11.6. The minimum Gasteiger partial charge on any atom is -0.504 e. The van der Waals surface area contributed by atoms with Gasteiger partial charge in [0, 0.05) is 23.7 Å². The van der Waals surface area contributed by atoms with Crippen LogP contribution in [0.4, 0.5) is 0 Å². The topological polar surface area (TPSA) is 71.6 Å². The van der Waals surface area contributed by atoms with Crippen molar-refractivity contribution < 1.29 is 19.4 Å². The standard InChI is InChI=1S/C20H21NO4/c1-3-25-19(22)7-4-13-10-16(20(23)18(11-13)24-2)14-5-6-17-15(12-14)8-9-21-17/h5-6,8-12,21,23H,3-4,7H2,1-2H3. The summed E-state index contributed by atoms with van der Waals surface area (Å²) < 4.78 is 10.3. The van der Waals surface area contributed by atoms with Crippen molar-refractivity contribution in [2.75, 3.05) is 13.7 Å². The van der Waals surface area contributed by atoms with Gasteiger partial charge in [0.2, 0.25) is 0 Å². The van der Waals surface area contributed by atoms with Crippen molar-refractivity contribution in [2.45, 2.75) is 19.8 Å². The zero-order valence-corrected chi connectivity index (χ0v) is 14.3. The Morgan fingerprint density at radius 3 is 2.80 bits per heavy atom. The third-order valence-electron chi connectivity index (χ3n) is 4.14. The average Bonchev–Trinajstić information content (AvgIpc) is 3.08. The van der Waals surface area contributed by atoms with Crippen molar-refractivity contribution in [3.63, 3.8) is 0 Å². The highest BCUT2D eigenvalue weighted by atomic mass is 16.5. The molecule has 0 radical (unpaired) electrons. The first-order chi connectivity index (χ1) is 12.1. The van der Waals surface area contributed by atoms with E-state index in [-0.39, 0.29) is 18.1 Å². The second-order valence-corrected chi connectivity index (χ2v) is 5.78. The molecule has 0 saturated carbocycles. The Morgan fingerprint density at radius 2 is 2.04 bits per heavy atom. The first-order valence-electron chi connectivity index (χ1n) is 8.25. The summed E-state index contributed by atoms with van der Waals surface area (Å²) in [5.41, 5.74) is 3.52. The Kier molecular flexibility index (Phi) is 4.93. The SMILES string of the molecule is CCOC(=O)CCc1cc(OC)c(O)c(-c2ccc3[nH]ccc3c2)c1. The molecular formula is C20H21NO4. The van der Waals surface area contributed by atoms with Gasteiger partial charge in [-0.2, -0.15) is 0 Å². The number of aromatic amines is 1. The molecule has 0 unspecified atom stereocenters. The van der Waals surface area contributed by atoms with Crippen LogP contribution in [0, 0.1) is 0 Å². The maximum absolute atomic E-state index is 11.6. The molecule has 0 fully saturated rings. The fourth-order valence-corrected chi connectivity index (χ4v) is 2.89. The van der Waals surface area contributed by atoms with Gasteiger partial charge in [-0.25, -0.2) is 0 Å². The van der Waals surface area contributed by atoms with Gasteiger partial charge < -0.3 is 19.6 Å². The maximum atomic E-state index is 11.6. The highest BCUT2D eigenvalue weighted by Gasteiger charge is 2.14. The fraction of sp³-hybridized carbons (Fsp3) is 0.250. The van der Waals surface area contributed by atoms with Gasteiger partial charge in [0.1, 0.15) is 0 Å². The monoisotopic (exact) mass is 339 g/mol. The van der Waals surface area contributed by atoms with E-state index in [0.717, 1.165) is 22.0 Å². The summed E-state index contributed by atoms with van der Waals surface area (Å²) in [4.78, 5) is 14.8. The van der Waals surface area contributed by atoms with Crippen molar-refractivity contribution in [1.29, 1.82) is 0 Å². The third kappa shape index (κ3) is 3.60. The van der Waals surface area contributed by atoms with Gasteiger partial charge >= 0.3 is 5.97 Å². The molecule has 0 aliphatic heterocycles. The number of fused-ring (bicyclic) bond motifs is 1. The van der Waals surface area contributed by atoms with Crippen molar-refractivity contribution in [1.82, 2.24) is 4.98 Å². The maximum Gasteiger partial charge on any atom is 0.306 e. The number of H-pyrrole nitrogens is 1. The number of rotatable bonds is 6. The molecule has 0 spiro atoms. The van der Waals surface area contributed by atoms with Crippen LogP contribution in [0.25, 0.3) is 22.0 Å². The zero-order valence-electron chi connectivity index (χ0n) is 14.3. The molecule has 3 rings (SSSR count). The van der Waals surface area contributed by atoms with Gasteiger partial charge in [-0.15, -0.1) is 0 Å². The number of phenolic OH excluding ortho intramolecular Hbond substituents is 1. The van der Waals surface area contributed by atoms with E-state index < -0.39 is 0 Å². The molecule has 1 aromatic heterocycles. The quantitative estimate of drug-likeness (QED) is 0.665. The molecule has 2 N–H and O–H groups in total. The van der Waals surface area contributed by atoms with Gasteiger partial charge in [-0.1, -0.05) is 6.07 Å². The first-order valence-corrected chi connectivity index (χ1v) is 8.25. The Hall–Kier alpha value is -2.95. The first kappa shape index (κ1) is 16.9. The highest BCUT2D eigenvalue weighted by molar-refractivity contribution is 5.87. The van der Waals surface area contributed by atoms with Gasteiger partial charge in [-0.3, -0.25) is 4.79 Å². The van der Waals surface area contributed by atoms with Gasteiger partial charge in [0.05, 0.1) is 13.7 Å². The Morgan fingerprint density at radius 1 is 1.20 bits per heavy atom. The third-order valence-corrected chi connectivity index (χ3v) is 4.14. The number of carbonyl (C=O) groups is 1. The van der Waals surface area contributed by atoms with Crippen molar-refractivity contribution in [3.05, 3.63) is 48.2 Å². The molecular weight excluding hydrogens is 318 g/mol. The zero-order chi connectivity index (χ0) is 17.8. The Bertz CT molecular complexity index is 898. The fourth-order valence-electron chi connectivity index (χ4n) is 2.89. The van der Waals surface area contributed by atoms with Crippen LogP contribution in [0.2, 0.25) is 0 Å². The minimum absolute atomic E-state index is 0.0947. The van der Waals surface area contributed by atoms with Crippen LogP contribution in [-0.2, 0) is 16.0 Å². The van der Waals surface area contributed by atoms with E-state index in [1.165, 1.54) is 7.11 Å². The largest absolute Gasteiger partial charge is 0.504 e. The van der Waals surface area contributed by atoms with Gasteiger partial charge in [-0.05, 0) is 60.2 Å². The molecule has 130 valence electrons. The van der Waals surface area contributed by atoms with Crippen LogP contribution >= 0.6 is 0 Å². The summed E-state index contributed by atoms with van der Waals surface area (Å²) in [7, 11) is 1.52. The van der Waals surface area contributed by atoms with E-state index in [0.29, 0.717) is 24.3 Å². The predicted octanol–water partition coefficient (Wildman–Crippen LogP) is 4.04. The lowest BCUT2D eigenvalue weighted by molar-refractivity contribution is -0.143. The number of aromatic nitrogens is 1. The Labute approximate surface area is 146 Å². The van der Waals surface area contributed by atoms with Gasteiger partial charge in [0.15, 0.2) is 11.5 Å². The molecule has 2 aromatic carbocycles. The number of aryl methyl sites for hydroxylation is 1. The molecule has 0 saturated heterocycles. The molecule has 25 heavy (non-hydrogen) atoms. The predicted molar refractivity (Wildman–Crippen MR) is 96.9 cm³/mol. The summed E-state index contributed by atoms with van der Waals surface area (Å²) in [6.07, 6.45) is 2.69. The molecule has 5 heteroatoms. The van der Waals surface area contributed by atoms with Crippen molar-refractivity contribution in [3.8, 4) is 22.6 Å². The number of methoxy groups -OCH3 is 1. The van der Waals surface area contributed by atoms with E-state index in [1.807, 2.05) is 36.5 Å². The van der Waals surface area contributed by atoms with E-state index in [1.54, 1.807) is 13.0 Å². The normalized spacial score (nSPS) is 10.8. The number of nitrogens with one attached hydrogen (secondary N) is 1. The van der Waals surface area contributed by atoms with E-state index >= 15 is 0 Å². The minimum atomic E-state index is -0.232. The lowest BCUT2D eigenvalue weighted by Gasteiger charge is -2.13. The van der Waals surface area contributed by atoms with Crippen LogP contribution in [0.1, 0.15) is 18.9 Å². The number of hydrogen-bond donors (Lipinski definition) is 2. The second kappa shape index (κ2) is 7.30. The molecule has 0 aliphatic rings. The number of aromatic hydroxyl groups is 1. The van der Waals surface area contributed by atoms with Crippen LogP contribution in [-0.4, -0.2) is 29.8 Å². The molecule has 0 atom stereocenters. The molecule has 0 amide bonds. The van der Waals surface area contributed by atoms with E-state index in [2.05, 4.69) is 4.98 Å². The molecule has 0 bridgehead atoms.